The molecule has 0 spiro atoms. The van der Waals surface area contributed by atoms with Crippen LogP contribution in [0.4, 0.5) is 4.79 Å². The van der Waals surface area contributed by atoms with Crippen molar-refractivity contribution in [2.45, 2.75) is 24.7 Å². The Morgan fingerprint density at radius 1 is 1.03 bits per heavy atom. The first-order valence-electron chi connectivity index (χ1n) is 11.5. The van der Waals surface area contributed by atoms with E-state index in [1.807, 2.05) is 0 Å². The molecule has 2 saturated heterocycles. The SMILES string of the molecule is N=C(N)c1ccc(C2(OC(=O)O)C3C(=O)N(Cc4ccccc4)C(=O)C3C(CO)N2CCC(N)=O)cc1. The van der Waals surface area contributed by atoms with Crippen molar-refractivity contribution in [2.24, 2.45) is 23.3 Å². The number of hydrogen-bond donors (Lipinski definition) is 5. The van der Waals surface area contributed by atoms with Gasteiger partial charge in [-0.2, -0.15) is 0 Å². The number of nitrogens with zero attached hydrogens (tertiary/aromatic N) is 2. The van der Waals surface area contributed by atoms with E-state index in [1.165, 1.54) is 29.2 Å². The number of imide groups is 1. The van der Waals surface area contributed by atoms with E-state index >= 15 is 0 Å². The molecule has 2 fully saturated rings. The van der Waals surface area contributed by atoms with Crippen molar-refractivity contribution in [2.75, 3.05) is 13.2 Å². The summed E-state index contributed by atoms with van der Waals surface area (Å²) in [5.74, 6) is -4.69. The average Bonchev–Trinajstić information content (AvgIpc) is 3.28. The van der Waals surface area contributed by atoms with Gasteiger partial charge in [-0.05, 0) is 5.56 Å². The van der Waals surface area contributed by atoms with Gasteiger partial charge in [0.2, 0.25) is 23.4 Å². The van der Waals surface area contributed by atoms with Crippen LogP contribution < -0.4 is 11.5 Å². The molecule has 0 saturated carbocycles. The minimum absolute atomic E-state index is 0.0443. The molecular weight excluding hydrogens is 482 g/mol. The first kappa shape index (κ1) is 25.8. The molecule has 4 rings (SSSR count). The minimum atomic E-state index is -2.06. The fraction of sp³-hybridized carbons (Fsp3) is 0.320. The van der Waals surface area contributed by atoms with Gasteiger partial charge in [0.05, 0.1) is 19.1 Å². The predicted molar refractivity (Wildman–Crippen MR) is 129 cm³/mol. The number of nitrogens with one attached hydrogen (secondary N) is 1. The van der Waals surface area contributed by atoms with E-state index in [0.29, 0.717) is 11.1 Å². The molecule has 37 heavy (non-hydrogen) atoms. The van der Waals surface area contributed by atoms with Crippen LogP contribution in [-0.4, -0.2) is 68.9 Å². The number of amidine groups is 1. The summed E-state index contributed by atoms with van der Waals surface area (Å²) in [6.45, 7) is -0.847. The summed E-state index contributed by atoms with van der Waals surface area (Å²) in [6, 6.07) is 13.6. The standard InChI is InChI=1S/C25H27N5O7/c26-18(32)10-11-30-17(13-31)19-20(23(34)29(22(19)33)12-14-4-2-1-3-5-14)25(30,37-24(35)36)16-8-6-15(7-9-16)21(27)28/h1-9,17,19-20,31H,10-13H2,(H2,26,32)(H3,27,28)(H,35,36). The maximum absolute atomic E-state index is 13.9. The lowest BCUT2D eigenvalue weighted by atomic mass is 9.83. The molecule has 2 aromatic rings. The van der Waals surface area contributed by atoms with E-state index in [4.69, 9.17) is 21.6 Å². The van der Waals surface area contributed by atoms with Crippen molar-refractivity contribution < 1.29 is 34.1 Å². The number of primary amides is 1. The van der Waals surface area contributed by atoms with E-state index in [2.05, 4.69) is 0 Å². The number of aliphatic hydroxyl groups excluding tert-OH is 1. The normalized spacial score (nSPS) is 25.2. The highest BCUT2D eigenvalue weighted by Crippen LogP contribution is 2.55. The maximum Gasteiger partial charge on any atom is 0.507 e. The van der Waals surface area contributed by atoms with Crippen LogP contribution in [0.3, 0.4) is 0 Å². The Bertz CT molecular complexity index is 1240. The van der Waals surface area contributed by atoms with Crippen LogP contribution in [0, 0.1) is 17.2 Å². The summed E-state index contributed by atoms with van der Waals surface area (Å²) in [5.41, 5.74) is 10.1. The number of likely N-dealkylation sites (tertiary alicyclic amines) is 2. The van der Waals surface area contributed by atoms with Gasteiger partial charge in [0.1, 0.15) is 11.8 Å². The molecule has 194 valence electrons. The topological polar surface area (TPSA) is 200 Å². The summed E-state index contributed by atoms with van der Waals surface area (Å²) >= 11 is 0. The van der Waals surface area contributed by atoms with E-state index in [1.54, 1.807) is 30.3 Å². The maximum atomic E-state index is 13.9. The van der Waals surface area contributed by atoms with Crippen molar-refractivity contribution in [1.82, 2.24) is 9.80 Å². The smallest absolute Gasteiger partial charge is 0.450 e. The zero-order chi connectivity index (χ0) is 26.9. The van der Waals surface area contributed by atoms with Crippen LogP contribution in [0.5, 0.6) is 0 Å². The molecule has 0 radical (unpaired) electrons. The van der Waals surface area contributed by atoms with Gasteiger partial charge in [0.15, 0.2) is 0 Å². The predicted octanol–water partition coefficient (Wildman–Crippen LogP) is 0.171. The van der Waals surface area contributed by atoms with Crippen molar-refractivity contribution in [3.8, 4) is 0 Å². The summed E-state index contributed by atoms with van der Waals surface area (Å²) in [4.78, 5) is 53.6. The Labute approximate surface area is 211 Å². The highest BCUT2D eigenvalue weighted by atomic mass is 16.7. The van der Waals surface area contributed by atoms with Gasteiger partial charge in [-0.15, -0.1) is 0 Å². The van der Waals surface area contributed by atoms with E-state index < -0.39 is 54.1 Å². The van der Waals surface area contributed by atoms with Gasteiger partial charge in [0, 0.05) is 30.1 Å². The molecule has 0 aromatic heterocycles. The van der Waals surface area contributed by atoms with Crippen LogP contribution in [0.25, 0.3) is 0 Å². The number of ether oxygens (including phenoxy) is 1. The molecule has 3 amide bonds. The molecule has 4 unspecified atom stereocenters. The van der Waals surface area contributed by atoms with Crippen LogP contribution >= 0.6 is 0 Å². The number of rotatable bonds is 9. The number of fused-ring (bicyclic) bond motifs is 1. The Morgan fingerprint density at radius 2 is 1.68 bits per heavy atom. The number of nitrogen functional groups attached to an aromatic ring is 1. The van der Waals surface area contributed by atoms with Gasteiger partial charge < -0.3 is 26.4 Å². The quantitative estimate of drug-likeness (QED) is 0.135. The molecule has 2 heterocycles. The number of amides is 3. The lowest BCUT2D eigenvalue weighted by molar-refractivity contribution is -0.167. The van der Waals surface area contributed by atoms with Gasteiger partial charge in [-0.3, -0.25) is 29.6 Å². The first-order chi connectivity index (χ1) is 17.6. The Morgan fingerprint density at radius 3 is 2.22 bits per heavy atom. The number of benzene rings is 2. The number of hydrogen-bond acceptors (Lipinski definition) is 8. The number of carbonyl (C=O) groups is 4. The highest BCUT2D eigenvalue weighted by Gasteiger charge is 2.71. The van der Waals surface area contributed by atoms with E-state index in [9.17, 15) is 29.4 Å². The lowest BCUT2D eigenvalue weighted by Crippen LogP contribution is -2.55. The van der Waals surface area contributed by atoms with Crippen molar-refractivity contribution in [3.63, 3.8) is 0 Å². The minimum Gasteiger partial charge on any atom is -0.450 e. The molecule has 2 aliphatic heterocycles. The second kappa shape index (κ2) is 9.99. The largest absolute Gasteiger partial charge is 0.507 e. The van der Waals surface area contributed by atoms with Crippen molar-refractivity contribution >= 4 is 29.7 Å². The van der Waals surface area contributed by atoms with Gasteiger partial charge >= 0.3 is 6.16 Å². The summed E-state index contributed by atoms with van der Waals surface area (Å²) in [6.07, 6.45) is -1.97. The Hall–Kier alpha value is -4.29. The lowest BCUT2D eigenvalue weighted by Gasteiger charge is -2.42. The molecule has 4 atom stereocenters. The van der Waals surface area contributed by atoms with Crippen LogP contribution in [0.2, 0.25) is 0 Å². The summed E-state index contributed by atoms with van der Waals surface area (Å²) in [7, 11) is 0. The van der Waals surface area contributed by atoms with E-state index in [-0.39, 0.29) is 30.9 Å². The first-order valence-corrected chi connectivity index (χ1v) is 11.5. The summed E-state index contributed by atoms with van der Waals surface area (Å²) < 4.78 is 5.49. The molecule has 0 aliphatic carbocycles. The number of nitrogens with two attached hydrogens (primary N) is 2. The van der Waals surface area contributed by atoms with Crippen molar-refractivity contribution in [1.29, 1.82) is 5.41 Å². The third-order valence-electron chi connectivity index (χ3n) is 6.93. The van der Waals surface area contributed by atoms with Gasteiger partial charge in [0.25, 0.3) is 0 Å². The fourth-order valence-corrected chi connectivity index (χ4v) is 5.41. The van der Waals surface area contributed by atoms with Crippen LogP contribution in [0.15, 0.2) is 54.6 Å². The molecule has 0 bridgehead atoms. The van der Waals surface area contributed by atoms with Crippen LogP contribution in [0.1, 0.15) is 23.1 Å². The second-order valence-corrected chi connectivity index (χ2v) is 8.97. The molecule has 12 nitrogen and oxygen atoms in total. The number of carbonyl (C=O) groups excluding carboxylic acids is 3. The molecule has 7 N–H and O–H groups in total. The third kappa shape index (κ3) is 4.41. The monoisotopic (exact) mass is 509 g/mol. The van der Waals surface area contributed by atoms with Crippen molar-refractivity contribution in [3.05, 3.63) is 71.3 Å². The van der Waals surface area contributed by atoms with Crippen LogP contribution in [-0.2, 0) is 31.4 Å². The summed E-state index contributed by atoms with van der Waals surface area (Å²) in [5, 5.41) is 27.8. The Balaban J connectivity index is 1.89. The third-order valence-corrected chi connectivity index (χ3v) is 6.93. The Kier molecular flexibility index (Phi) is 6.96. The van der Waals surface area contributed by atoms with E-state index in [0.717, 1.165) is 4.90 Å². The molecule has 2 aliphatic rings. The molecular formula is C25H27N5O7. The second-order valence-electron chi connectivity index (χ2n) is 8.97. The average molecular weight is 510 g/mol. The fourth-order valence-electron chi connectivity index (χ4n) is 5.41. The van der Waals surface area contributed by atoms with Gasteiger partial charge in [-0.1, -0.05) is 54.6 Å². The molecule has 12 heteroatoms. The molecule has 2 aromatic carbocycles. The van der Waals surface area contributed by atoms with Gasteiger partial charge in [-0.25, -0.2) is 4.79 Å². The zero-order valence-electron chi connectivity index (χ0n) is 19.7. The zero-order valence-corrected chi connectivity index (χ0v) is 19.7. The number of carboxylic acid groups (broad SMARTS) is 1. The highest BCUT2D eigenvalue weighted by molar-refractivity contribution is 6.07. The number of aliphatic hydroxyl groups is 1.